The standard InChI is InChI=1S/C12H15N5O3S/c1-14(5-6-15-4-2-3-9(15)18)10-11(17(19)20)16-7-8-21-12(16)13-10/h7-8H,2-6H2,1H3. The number of likely N-dealkylation sites (tertiary alicyclic amines) is 1. The van der Waals surface area contributed by atoms with Crippen LogP contribution in [0.4, 0.5) is 11.6 Å². The number of carbonyl (C=O) groups excluding carboxylic acids is 1. The first-order valence-corrected chi connectivity index (χ1v) is 7.54. The zero-order valence-corrected chi connectivity index (χ0v) is 12.4. The molecular formula is C12H15N5O3S. The van der Waals surface area contributed by atoms with E-state index in [9.17, 15) is 14.9 Å². The molecular weight excluding hydrogens is 294 g/mol. The number of fused-ring (bicyclic) bond motifs is 1. The normalized spacial score (nSPS) is 15.1. The highest BCUT2D eigenvalue weighted by atomic mass is 32.1. The van der Waals surface area contributed by atoms with E-state index in [1.54, 1.807) is 28.4 Å². The van der Waals surface area contributed by atoms with Crippen LogP contribution in [0.15, 0.2) is 11.6 Å². The number of thiazole rings is 1. The van der Waals surface area contributed by atoms with Crippen molar-refractivity contribution in [2.24, 2.45) is 0 Å². The molecule has 0 bridgehead atoms. The van der Waals surface area contributed by atoms with Gasteiger partial charge in [-0.3, -0.25) is 4.79 Å². The minimum Gasteiger partial charge on any atom is -0.358 e. The molecule has 3 heterocycles. The number of rotatable bonds is 5. The summed E-state index contributed by atoms with van der Waals surface area (Å²) in [5.74, 6) is 0.476. The molecule has 1 saturated heterocycles. The molecule has 0 aromatic carbocycles. The summed E-state index contributed by atoms with van der Waals surface area (Å²) < 4.78 is 1.48. The van der Waals surface area contributed by atoms with Crippen LogP contribution in [0.25, 0.3) is 4.96 Å². The Kier molecular flexibility index (Phi) is 3.50. The molecule has 0 saturated carbocycles. The predicted molar refractivity (Wildman–Crippen MR) is 78.8 cm³/mol. The maximum atomic E-state index is 11.6. The minimum absolute atomic E-state index is 0.0264. The van der Waals surface area contributed by atoms with Crippen molar-refractivity contribution in [2.75, 3.05) is 31.6 Å². The van der Waals surface area contributed by atoms with Crippen molar-refractivity contribution in [3.8, 4) is 0 Å². The lowest BCUT2D eigenvalue weighted by molar-refractivity contribution is -0.389. The SMILES string of the molecule is CN(CCN1CCCC1=O)c1nc2sccn2c1[N+](=O)[O-]. The van der Waals surface area contributed by atoms with Crippen molar-refractivity contribution in [1.29, 1.82) is 0 Å². The van der Waals surface area contributed by atoms with Gasteiger partial charge in [-0.05, 0) is 11.3 Å². The molecule has 1 fully saturated rings. The van der Waals surface area contributed by atoms with Gasteiger partial charge in [0.25, 0.3) is 4.96 Å². The van der Waals surface area contributed by atoms with E-state index in [1.165, 1.54) is 15.7 Å². The van der Waals surface area contributed by atoms with Crippen molar-refractivity contribution in [3.05, 3.63) is 21.7 Å². The van der Waals surface area contributed by atoms with Gasteiger partial charge in [-0.2, -0.15) is 9.38 Å². The second-order valence-corrected chi connectivity index (χ2v) is 5.85. The largest absolute Gasteiger partial charge is 0.373 e. The lowest BCUT2D eigenvalue weighted by atomic mass is 10.4. The zero-order valence-electron chi connectivity index (χ0n) is 11.6. The number of nitro groups is 1. The van der Waals surface area contributed by atoms with Gasteiger partial charge in [0.1, 0.15) is 6.20 Å². The summed E-state index contributed by atoms with van der Waals surface area (Å²) in [6.07, 6.45) is 3.14. The lowest BCUT2D eigenvalue weighted by Gasteiger charge is -2.21. The van der Waals surface area contributed by atoms with Crippen molar-refractivity contribution in [3.63, 3.8) is 0 Å². The maximum absolute atomic E-state index is 11.6. The quantitative estimate of drug-likeness (QED) is 0.615. The average Bonchev–Trinajstić information content (AvgIpc) is 3.10. The van der Waals surface area contributed by atoms with Crippen LogP contribution in [0, 0.1) is 10.1 Å². The van der Waals surface area contributed by atoms with Crippen molar-refractivity contribution in [2.45, 2.75) is 12.8 Å². The zero-order chi connectivity index (χ0) is 15.0. The second kappa shape index (κ2) is 5.32. The van der Waals surface area contributed by atoms with E-state index in [0.29, 0.717) is 30.3 Å². The van der Waals surface area contributed by atoms with Gasteiger partial charge in [0.2, 0.25) is 11.7 Å². The van der Waals surface area contributed by atoms with Crippen LogP contribution < -0.4 is 4.90 Å². The van der Waals surface area contributed by atoms with Crippen LogP contribution in [-0.4, -0.2) is 51.8 Å². The minimum atomic E-state index is -0.417. The summed E-state index contributed by atoms with van der Waals surface area (Å²) in [7, 11) is 1.76. The Morgan fingerprint density at radius 2 is 2.38 bits per heavy atom. The fourth-order valence-electron chi connectivity index (χ4n) is 2.51. The Balaban J connectivity index is 1.79. The van der Waals surface area contributed by atoms with Crippen LogP contribution in [-0.2, 0) is 4.79 Å². The van der Waals surface area contributed by atoms with Gasteiger partial charge in [0, 0.05) is 38.5 Å². The number of carbonyl (C=O) groups is 1. The van der Waals surface area contributed by atoms with Crippen molar-refractivity contribution < 1.29 is 9.72 Å². The van der Waals surface area contributed by atoms with Crippen LogP contribution in [0.1, 0.15) is 12.8 Å². The molecule has 9 heteroatoms. The van der Waals surface area contributed by atoms with Gasteiger partial charge in [-0.25, -0.2) is 0 Å². The number of nitrogens with zero attached hydrogens (tertiary/aromatic N) is 5. The van der Waals surface area contributed by atoms with Gasteiger partial charge in [0.15, 0.2) is 0 Å². The van der Waals surface area contributed by atoms with Crippen molar-refractivity contribution >= 4 is 33.8 Å². The Hall–Kier alpha value is -2.16. The molecule has 0 aliphatic carbocycles. The Bertz CT molecular complexity index is 694. The van der Waals surface area contributed by atoms with Gasteiger partial charge in [-0.1, -0.05) is 11.3 Å². The highest BCUT2D eigenvalue weighted by molar-refractivity contribution is 7.15. The van der Waals surface area contributed by atoms with Crippen molar-refractivity contribution in [1.82, 2.24) is 14.3 Å². The average molecular weight is 309 g/mol. The highest BCUT2D eigenvalue weighted by Gasteiger charge is 2.27. The number of hydrogen-bond acceptors (Lipinski definition) is 6. The first kappa shape index (κ1) is 13.8. The molecule has 2 aromatic rings. The molecule has 21 heavy (non-hydrogen) atoms. The molecule has 1 amide bonds. The first-order chi connectivity index (χ1) is 10.1. The van der Waals surface area contributed by atoms with Crippen LogP contribution in [0.5, 0.6) is 0 Å². The topological polar surface area (TPSA) is 84.0 Å². The molecule has 0 atom stereocenters. The summed E-state index contributed by atoms with van der Waals surface area (Å²) in [6, 6.07) is 0. The Morgan fingerprint density at radius 1 is 1.57 bits per heavy atom. The fourth-order valence-corrected chi connectivity index (χ4v) is 3.21. The molecule has 8 nitrogen and oxygen atoms in total. The maximum Gasteiger partial charge on any atom is 0.373 e. The molecule has 1 aliphatic rings. The number of aromatic nitrogens is 2. The van der Waals surface area contributed by atoms with E-state index < -0.39 is 4.92 Å². The van der Waals surface area contributed by atoms with Crippen LogP contribution >= 0.6 is 11.3 Å². The fraction of sp³-hybridized carbons (Fsp3) is 0.500. The monoisotopic (exact) mass is 309 g/mol. The third-order valence-corrected chi connectivity index (χ3v) is 4.39. The van der Waals surface area contributed by atoms with Gasteiger partial charge in [0.05, 0.1) is 0 Å². The molecule has 0 radical (unpaired) electrons. The van der Waals surface area contributed by atoms with Crippen LogP contribution in [0.3, 0.4) is 0 Å². The summed E-state index contributed by atoms with van der Waals surface area (Å²) in [4.78, 5) is 30.9. The van der Waals surface area contributed by atoms with E-state index in [-0.39, 0.29) is 11.7 Å². The van der Waals surface area contributed by atoms with Gasteiger partial charge >= 0.3 is 5.82 Å². The lowest BCUT2D eigenvalue weighted by Crippen LogP contribution is -2.34. The summed E-state index contributed by atoms with van der Waals surface area (Å²) in [6.45, 7) is 1.86. The van der Waals surface area contributed by atoms with Crippen LogP contribution in [0.2, 0.25) is 0 Å². The smallest absolute Gasteiger partial charge is 0.358 e. The Labute approximate surface area is 124 Å². The number of imidazole rings is 1. The molecule has 2 aromatic heterocycles. The van der Waals surface area contributed by atoms with E-state index >= 15 is 0 Å². The number of likely N-dealkylation sites (N-methyl/N-ethyl adjacent to an activating group) is 1. The van der Waals surface area contributed by atoms with Gasteiger partial charge < -0.3 is 19.9 Å². The molecule has 0 spiro atoms. The molecule has 112 valence electrons. The Morgan fingerprint density at radius 3 is 3.05 bits per heavy atom. The summed E-state index contributed by atoms with van der Waals surface area (Å²) in [5.41, 5.74) is 0. The van der Waals surface area contributed by atoms with Gasteiger partial charge in [-0.15, -0.1) is 0 Å². The number of amides is 1. The summed E-state index contributed by atoms with van der Waals surface area (Å²) >= 11 is 1.36. The van der Waals surface area contributed by atoms with E-state index in [2.05, 4.69) is 4.98 Å². The third-order valence-electron chi connectivity index (χ3n) is 3.63. The molecule has 0 unspecified atom stereocenters. The number of hydrogen-bond donors (Lipinski definition) is 0. The third kappa shape index (κ3) is 2.44. The first-order valence-electron chi connectivity index (χ1n) is 6.67. The summed E-state index contributed by atoms with van der Waals surface area (Å²) in [5, 5.41) is 13.0. The molecule has 0 N–H and O–H groups in total. The predicted octanol–water partition coefficient (Wildman–Crippen LogP) is 1.36. The molecule has 3 rings (SSSR count). The number of anilines is 1. The van der Waals surface area contributed by atoms with E-state index in [1.807, 2.05) is 0 Å². The second-order valence-electron chi connectivity index (χ2n) is 4.98. The molecule has 1 aliphatic heterocycles. The highest BCUT2D eigenvalue weighted by Crippen LogP contribution is 2.30. The van der Waals surface area contributed by atoms with E-state index in [4.69, 9.17) is 0 Å². The van der Waals surface area contributed by atoms with E-state index in [0.717, 1.165) is 13.0 Å².